The lowest BCUT2D eigenvalue weighted by atomic mass is 10.2. The number of carboxylic acid groups (broad SMARTS) is 1. The summed E-state index contributed by atoms with van der Waals surface area (Å²) >= 11 is 0. The van der Waals surface area contributed by atoms with E-state index in [-0.39, 0.29) is 18.2 Å². The molecule has 0 saturated heterocycles. The van der Waals surface area contributed by atoms with Crippen LogP contribution in [0.15, 0.2) is 0 Å². The van der Waals surface area contributed by atoms with Gasteiger partial charge in [0.05, 0.1) is 6.42 Å². The molecule has 1 amide bonds. The first-order valence-corrected chi connectivity index (χ1v) is 5.67. The first-order valence-electron chi connectivity index (χ1n) is 5.67. The van der Waals surface area contributed by atoms with Crippen LogP contribution in [0.1, 0.15) is 32.1 Å². The molecule has 0 aliphatic heterocycles. The Kier molecular flexibility index (Phi) is 2.93. The molecule has 0 spiro atoms. The Morgan fingerprint density at radius 1 is 1.20 bits per heavy atom. The van der Waals surface area contributed by atoms with Crippen LogP contribution in [0.25, 0.3) is 0 Å². The van der Waals surface area contributed by atoms with Gasteiger partial charge < -0.3 is 10.0 Å². The highest BCUT2D eigenvalue weighted by Crippen LogP contribution is 2.34. The predicted molar refractivity (Wildman–Crippen MR) is 54.3 cm³/mol. The van der Waals surface area contributed by atoms with E-state index in [9.17, 15) is 9.59 Å². The summed E-state index contributed by atoms with van der Waals surface area (Å²) in [6.07, 6.45) is 4.45. The average Bonchev–Trinajstić information content (AvgIpc) is 3.01. The van der Waals surface area contributed by atoms with Crippen LogP contribution in [0.3, 0.4) is 0 Å². The molecule has 0 bridgehead atoms. The highest BCUT2D eigenvalue weighted by Gasteiger charge is 2.35. The molecule has 2 fully saturated rings. The van der Waals surface area contributed by atoms with Crippen molar-refractivity contribution in [2.24, 2.45) is 11.8 Å². The van der Waals surface area contributed by atoms with Crippen LogP contribution >= 0.6 is 0 Å². The first-order chi connectivity index (χ1) is 7.16. The Morgan fingerprint density at radius 2 is 1.87 bits per heavy atom. The van der Waals surface area contributed by atoms with Gasteiger partial charge in [-0.15, -0.1) is 0 Å². The second kappa shape index (κ2) is 4.21. The van der Waals surface area contributed by atoms with Crippen LogP contribution in [0, 0.1) is 11.8 Å². The van der Waals surface area contributed by atoms with Crippen molar-refractivity contribution in [3.8, 4) is 0 Å². The molecule has 2 saturated carbocycles. The monoisotopic (exact) mass is 211 g/mol. The van der Waals surface area contributed by atoms with Gasteiger partial charge in [0, 0.05) is 19.0 Å². The van der Waals surface area contributed by atoms with Gasteiger partial charge in [0.25, 0.3) is 0 Å². The van der Waals surface area contributed by atoms with Crippen LogP contribution in [0.5, 0.6) is 0 Å². The molecular formula is C11H17NO3. The van der Waals surface area contributed by atoms with Gasteiger partial charge in [-0.25, -0.2) is 0 Å². The van der Waals surface area contributed by atoms with Crippen LogP contribution in [-0.4, -0.2) is 35.0 Å². The zero-order valence-corrected chi connectivity index (χ0v) is 8.82. The van der Waals surface area contributed by atoms with Crippen LogP contribution in [0.2, 0.25) is 0 Å². The van der Waals surface area contributed by atoms with E-state index in [1.54, 1.807) is 4.90 Å². The molecule has 0 heterocycles. The summed E-state index contributed by atoms with van der Waals surface area (Å²) in [6.45, 7) is 1.17. The lowest BCUT2D eigenvalue weighted by Gasteiger charge is -2.21. The smallest absolute Gasteiger partial charge is 0.305 e. The fourth-order valence-electron chi connectivity index (χ4n) is 1.72. The Labute approximate surface area is 89.3 Å². The highest BCUT2D eigenvalue weighted by molar-refractivity contribution is 5.81. The fourth-order valence-corrected chi connectivity index (χ4v) is 1.72. The summed E-state index contributed by atoms with van der Waals surface area (Å²) in [5.74, 6) is 0.210. The normalized spacial score (nSPS) is 20.0. The molecule has 15 heavy (non-hydrogen) atoms. The predicted octanol–water partition coefficient (Wildman–Crippen LogP) is 1.11. The average molecular weight is 211 g/mol. The molecule has 84 valence electrons. The number of amides is 1. The molecule has 0 aromatic heterocycles. The number of hydrogen-bond acceptors (Lipinski definition) is 2. The topological polar surface area (TPSA) is 57.6 Å². The second-order valence-corrected chi connectivity index (χ2v) is 4.65. The standard InChI is InChI=1S/C11H17NO3/c13-10(14)5-6-12(7-8-1-2-8)11(15)9-3-4-9/h8-9H,1-7H2,(H,13,14). The third-order valence-electron chi connectivity index (χ3n) is 3.01. The van der Waals surface area contributed by atoms with Gasteiger partial charge >= 0.3 is 5.97 Å². The summed E-state index contributed by atoms with van der Waals surface area (Å²) in [4.78, 5) is 24.1. The number of carboxylic acids is 1. The Bertz CT molecular complexity index is 269. The molecule has 0 aromatic rings. The number of nitrogens with zero attached hydrogens (tertiary/aromatic N) is 1. The molecule has 4 nitrogen and oxygen atoms in total. The van der Waals surface area contributed by atoms with Gasteiger partial charge in [0.15, 0.2) is 0 Å². The summed E-state index contributed by atoms with van der Waals surface area (Å²) < 4.78 is 0. The molecule has 0 atom stereocenters. The van der Waals surface area contributed by atoms with E-state index >= 15 is 0 Å². The number of hydrogen-bond donors (Lipinski definition) is 1. The summed E-state index contributed by atoms with van der Waals surface area (Å²) in [5, 5.41) is 8.61. The molecule has 4 heteroatoms. The number of rotatable bonds is 6. The lowest BCUT2D eigenvalue weighted by molar-refractivity contribution is -0.139. The van der Waals surface area contributed by atoms with E-state index in [4.69, 9.17) is 5.11 Å². The number of carbonyl (C=O) groups excluding carboxylic acids is 1. The third-order valence-corrected chi connectivity index (χ3v) is 3.01. The molecule has 2 rings (SSSR count). The van der Waals surface area contributed by atoms with E-state index in [1.165, 1.54) is 12.8 Å². The zero-order chi connectivity index (χ0) is 10.8. The molecule has 0 unspecified atom stereocenters. The van der Waals surface area contributed by atoms with Crippen molar-refractivity contribution in [2.45, 2.75) is 32.1 Å². The van der Waals surface area contributed by atoms with E-state index in [2.05, 4.69) is 0 Å². The van der Waals surface area contributed by atoms with Gasteiger partial charge in [-0.3, -0.25) is 9.59 Å². The van der Waals surface area contributed by atoms with Crippen molar-refractivity contribution >= 4 is 11.9 Å². The summed E-state index contributed by atoms with van der Waals surface area (Å²) in [7, 11) is 0. The van der Waals surface area contributed by atoms with Crippen molar-refractivity contribution in [1.82, 2.24) is 4.90 Å². The maximum atomic E-state index is 11.8. The lowest BCUT2D eigenvalue weighted by Crippen LogP contribution is -2.35. The third kappa shape index (κ3) is 3.22. The SMILES string of the molecule is O=C(O)CCN(CC1CC1)C(=O)C1CC1. The molecule has 2 aliphatic carbocycles. The van der Waals surface area contributed by atoms with E-state index in [0.717, 1.165) is 19.4 Å². The van der Waals surface area contributed by atoms with Crippen LogP contribution in [0.4, 0.5) is 0 Å². The number of carbonyl (C=O) groups is 2. The van der Waals surface area contributed by atoms with Gasteiger partial charge in [-0.2, -0.15) is 0 Å². The van der Waals surface area contributed by atoms with Crippen molar-refractivity contribution in [3.05, 3.63) is 0 Å². The molecule has 0 radical (unpaired) electrons. The van der Waals surface area contributed by atoms with Crippen LogP contribution < -0.4 is 0 Å². The summed E-state index contributed by atoms with van der Waals surface area (Å²) in [6, 6.07) is 0. The minimum absolute atomic E-state index is 0.0746. The van der Waals surface area contributed by atoms with Crippen molar-refractivity contribution < 1.29 is 14.7 Å². The summed E-state index contributed by atoms with van der Waals surface area (Å²) in [5.41, 5.74) is 0. The minimum atomic E-state index is -0.820. The largest absolute Gasteiger partial charge is 0.481 e. The Hall–Kier alpha value is -1.06. The number of aliphatic carboxylic acids is 1. The van der Waals surface area contributed by atoms with E-state index in [1.807, 2.05) is 0 Å². The van der Waals surface area contributed by atoms with Gasteiger partial charge in [-0.1, -0.05) is 0 Å². The van der Waals surface area contributed by atoms with Gasteiger partial charge in [-0.05, 0) is 31.6 Å². The Morgan fingerprint density at radius 3 is 2.33 bits per heavy atom. The zero-order valence-electron chi connectivity index (χ0n) is 8.82. The quantitative estimate of drug-likeness (QED) is 0.716. The van der Waals surface area contributed by atoms with E-state index in [0.29, 0.717) is 12.5 Å². The highest BCUT2D eigenvalue weighted by atomic mass is 16.4. The molecular weight excluding hydrogens is 194 g/mol. The second-order valence-electron chi connectivity index (χ2n) is 4.65. The fraction of sp³-hybridized carbons (Fsp3) is 0.818. The maximum Gasteiger partial charge on any atom is 0.305 e. The first kappa shape index (κ1) is 10.5. The van der Waals surface area contributed by atoms with E-state index < -0.39 is 5.97 Å². The van der Waals surface area contributed by atoms with Crippen molar-refractivity contribution in [1.29, 1.82) is 0 Å². The van der Waals surface area contributed by atoms with Crippen molar-refractivity contribution in [2.75, 3.05) is 13.1 Å². The molecule has 2 aliphatic rings. The van der Waals surface area contributed by atoms with Gasteiger partial charge in [0.2, 0.25) is 5.91 Å². The Balaban J connectivity index is 1.82. The minimum Gasteiger partial charge on any atom is -0.481 e. The van der Waals surface area contributed by atoms with Gasteiger partial charge in [0.1, 0.15) is 0 Å². The van der Waals surface area contributed by atoms with Crippen molar-refractivity contribution in [3.63, 3.8) is 0 Å². The molecule has 0 aromatic carbocycles. The van der Waals surface area contributed by atoms with Crippen LogP contribution in [-0.2, 0) is 9.59 Å². The maximum absolute atomic E-state index is 11.8. The molecule has 1 N–H and O–H groups in total.